The first-order valence-electron chi connectivity index (χ1n) is 9.36. The molecule has 0 unspecified atom stereocenters. The fraction of sp³-hybridized carbons (Fsp3) is 0.333. The van der Waals surface area contributed by atoms with E-state index in [0.29, 0.717) is 6.42 Å². The molecular weight excluding hydrogens is 336 g/mol. The second kappa shape index (κ2) is 6.84. The van der Waals surface area contributed by atoms with Crippen LogP contribution in [-0.4, -0.2) is 19.9 Å². The summed E-state index contributed by atoms with van der Waals surface area (Å²) in [5, 5.41) is 12.5. The molecule has 2 N–H and O–H groups in total. The Kier molecular flexibility index (Phi) is 4.36. The Morgan fingerprint density at radius 3 is 2.78 bits per heavy atom. The van der Waals surface area contributed by atoms with Crippen molar-refractivity contribution in [1.82, 2.24) is 19.9 Å². The highest BCUT2D eigenvalue weighted by Crippen LogP contribution is 2.44. The Hall–Kier alpha value is -3.20. The molecule has 4 rings (SSSR count). The molecule has 6 nitrogen and oxygen atoms in total. The number of nitrogens with zero attached hydrogens (tertiary/aromatic N) is 4. The van der Waals surface area contributed by atoms with Crippen LogP contribution >= 0.6 is 0 Å². The SMILES string of the molecule is CCC(CC)(CCC#N)c1nc2c([nH]1)-c1ccncc1Nc1ncccc1-2. The van der Waals surface area contributed by atoms with E-state index in [1.54, 1.807) is 12.4 Å². The van der Waals surface area contributed by atoms with Gasteiger partial charge in [-0.2, -0.15) is 5.26 Å². The highest BCUT2D eigenvalue weighted by Gasteiger charge is 2.34. The lowest BCUT2D eigenvalue weighted by atomic mass is 9.77. The van der Waals surface area contributed by atoms with Crippen LogP contribution in [0.15, 0.2) is 36.8 Å². The number of aromatic nitrogens is 4. The molecule has 0 radical (unpaired) electrons. The Bertz CT molecular complexity index is 947. The van der Waals surface area contributed by atoms with E-state index in [-0.39, 0.29) is 5.41 Å². The minimum Gasteiger partial charge on any atom is -0.341 e. The second-order valence-corrected chi connectivity index (χ2v) is 6.90. The fourth-order valence-corrected chi connectivity index (χ4v) is 3.90. The molecule has 4 heterocycles. The van der Waals surface area contributed by atoms with Crippen molar-refractivity contribution < 1.29 is 0 Å². The van der Waals surface area contributed by atoms with Gasteiger partial charge in [0.1, 0.15) is 17.3 Å². The van der Waals surface area contributed by atoms with Crippen LogP contribution < -0.4 is 5.32 Å². The summed E-state index contributed by atoms with van der Waals surface area (Å²) in [7, 11) is 0. The van der Waals surface area contributed by atoms with Crippen molar-refractivity contribution in [3.8, 4) is 28.6 Å². The van der Waals surface area contributed by atoms with Gasteiger partial charge in [-0.05, 0) is 37.5 Å². The number of pyridine rings is 2. The van der Waals surface area contributed by atoms with E-state index in [4.69, 9.17) is 10.2 Å². The number of nitriles is 1. The summed E-state index contributed by atoms with van der Waals surface area (Å²) in [6, 6.07) is 8.25. The molecule has 27 heavy (non-hydrogen) atoms. The summed E-state index contributed by atoms with van der Waals surface area (Å²) >= 11 is 0. The average Bonchev–Trinajstić information content (AvgIpc) is 3.10. The summed E-state index contributed by atoms with van der Waals surface area (Å²) in [4.78, 5) is 17.4. The van der Waals surface area contributed by atoms with Crippen molar-refractivity contribution >= 4 is 11.5 Å². The molecule has 6 heteroatoms. The molecule has 0 aromatic carbocycles. The first-order chi connectivity index (χ1) is 13.2. The number of imidazole rings is 1. The molecule has 0 saturated carbocycles. The van der Waals surface area contributed by atoms with E-state index in [1.807, 2.05) is 24.4 Å². The van der Waals surface area contributed by atoms with Crippen LogP contribution in [0.4, 0.5) is 11.5 Å². The maximum atomic E-state index is 9.12. The van der Waals surface area contributed by atoms with Crippen molar-refractivity contribution in [3.05, 3.63) is 42.6 Å². The number of hydrogen-bond donors (Lipinski definition) is 2. The normalized spacial score (nSPS) is 12.2. The summed E-state index contributed by atoms with van der Waals surface area (Å²) in [5.41, 5.74) is 4.64. The Morgan fingerprint density at radius 1 is 1.15 bits per heavy atom. The molecule has 3 aromatic heterocycles. The molecule has 136 valence electrons. The summed E-state index contributed by atoms with van der Waals surface area (Å²) in [5.74, 6) is 1.73. The van der Waals surface area contributed by atoms with Gasteiger partial charge in [0, 0.05) is 35.4 Å². The molecule has 3 aromatic rings. The standard InChI is InChI=1S/C21H22N6/c1-3-21(4-2,9-6-10-22)20-26-17-14-8-12-23-13-16(14)25-19-15(18(17)27-20)7-5-11-24-19/h5,7-8,11-13H,3-4,6,9H2,1-2H3,(H,24,25)(H,26,27). The third kappa shape index (κ3) is 2.76. The maximum Gasteiger partial charge on any atom is 0.139 e. The van der Waals surface area contributed by atoms with Crippen LogP contribution in [-0.2, 0) is 5.41 Å². The van der Waals surface area contributed by atoms with Gasteiger partial charge >= 0.3 is 0 Å². The minimum atomic E-state index is -0.134. The van der Waals surface area contributed by atoms with Crippen LogP contribution in [0.3, 0.4) is 0 Å². The molecule has 0 saturated heterocycles. The number of fused-ring (bicyclic) bond motifs is 5. The molecular formula is C21H22N6. The number of hydrogen-bond acceptors (Lipinski definition) is 5. The Morgan fingerprint density at radius 2 is 2.00 bits per heavy atom. The average molecular weight is 358 g/mol. The molecule has 1 aliphatic heterocycles. The van der Waals surface area contributed by atoms with Crippen LogP contribution in [0.2, 0.25) is 0 Å². The van der Waals surface area contributed by atoms with Gasteiger partial charge in [0.2, 0.25) is 0 Å². The number of anilines is 2. The number of H-pyrrole nitrogens is 1. The smallest absolute Gasteiger partial charge is 0.139 e. The summed E-state index contributed by atoms with van der Waals surface area (Å²) < 4.78 is 0. The van der Waals surface area contributed by atoms with Gasteiger partial charge < -0.3 is 10.3 Å². The van der Waals surface area contributed by atoms with Crippen molar-refractivity contribution in [2.24, 2.45) is 0 Å². The van der Waals surface area contributed by atoms with E-state index in [1.165, 1.54) is 0 Å². The zero-order chi connectivity index (χ0) is 18.9. The molecule has 0 aliphatic carbocycles. The maximum absolute atomic E-state index is 9.12. The van der Waals surface area contributed by atoms with E-state index in [0.717, 1.165) is 59.1 Å². The molecule has 1 aliphatic rings. The molecule has 0 amide bonds. The lowest BCUT2D eigenvalue weighted by Gasteiger charge is -2.28. The van der Waals surface area contributed by atoms with Crippen molar-refractivity contribution in [2.45, 2.75) is 44.9 Å². The van der Waals surface area contributed by atoms with Gasteiger partial charge in [-0.25, -0.2) is 9.97 Å². The zero-order valence-electron chi connectivity index (χ0n) is 15.6. The quantitative estimate of drug-likeness (QED) is 0.526. The van der Waals surface area contributed by atoms with E-state index >= 15 is 0 Å². The molecule has 0 atom stereocenters. The van der Waals surface area contributed by atoms with Gasteiger partial charge in [0.25, 0.3) is 0 Å². The van der Waals surface area contributed by atoms with E-state index in [9.17, 15) is 0 Å². The molecule has 0 bridgehead atoms. The lowest BCUT2D eigenvalue weighted by molar-refractivity contribution is 0.351. The number of nitrogens with one attached hydrogen (secondary N) is 2. The van der Waals surface area contributed by atoms with Crippen LogP contribution in [0.25, 0.3) is 22.5 Å². The first kappa shape index (κ1) is 17.2. The minimum absolute atomic E-state index is 0.134. The topological polar surface area (TPSA) is 90.3 Å². The third-order valence-corrected chi connectivity index (χ3v) is 5.68. The predicted octanol–water partition coefficient (Wildman–Crippen LogP) is 4.95. The van der Waals surface area contributed by atoms with Crippen molar-refractivity contribution in [1.29, 1.82) is 5.26 Å². The van der Waals surface area contributed by atoms with E-state index < -0.39 is 0 Å². The largest absolute Gasteiger partial charge is 0.341 e. The fourth-order valence-electron chi connectivity index (χ4n) is 3.90. The van der Waals surface area contributed by atoms with Gasteiger partial charge in [-0.3, -0.25) is 4.98 Å². The first-order valence-corrected chi connectivity index (χ1v) is 9.36. The zero-order valence-corrected chi connectivity index (χ0v) is 15.6. The van der Waals surface area contributed by atoms with Crippen molar-refractivity contribution in [3.63, 3.8) is 0 Å². The number of rotatable bonds is 5. The second-order valence-electron chi connectivity index (χ2n) is 6.90. The summed E-state index contributed by atoms with van der Waals surface area (Å²) in [6.45, 7) is 4.34. The summed E-state index contributed by atoms with van der Waals surface area (Å²) in [6.07, 6.45) is 8.55. The predicted molar refractivity (Wildman–Crippen MR) is 105 cm³/mol. The van der Waals surface area contributed by atoms with Crippen LogP contribution in [0.1, 0.15) is 45.4 Å². The van der Waals surface area contributed by atoms with Crippen LogP contribution in [0.5, 0.6) is 0 Å². The van der Waals surface area contributed by atoms with Gasteiger partial charge in [-0.15, -0.1) is 0 Å². The third-order valence-electron chi connectivity index (χ3n) is 5.68. The molecule has 0 fully saturated rings. The van der Waals surface area contributed by atoms with Gasteiger partial charge in [0.15, 0.2) is 0 Å². The van der Waals surface area contributed by atoms with Crippen LogP contribution in [0, 0.1) is 11.3 Å². The van der Waals surface area contributed by atoms with Gasteiger partial charge in [-0.1, -0.05) is 13.8 Å². The lowest BCUT2D eigenvalue weighted by Crippen LogP contribution is -2.26. The highest BCUT2D eigenvalue weighted by molar-refractivity contribution is 5.94. The van der Waals surface area contributed by atoms with E-state index in [2.05, 4.69) is 40.2 Å². The van der Waals surface area contributed by atoms with Crippen molar-refractivity contribution in [2.75, 3.05) is 5.32 Å². The Labute approximate surface area is 158 Å². The van der Waals surface area contributed by atoms with Gasteiger partial charge in [0.05, 0.1) is 23.6 Å². The monoisotopic (exact) mass is 358 g/mol. The number of aromatic amines is 1. The Balaban J connectivity index is 1.95. The highest BCUT2D eigenvalue weighted by atomic mass is 15.0. The molecule has 0 spiro atoms.